The first kappa shape index (κ1) is 16.5. The van der Waals surface area contributed by atoms with Crippen LogP contribution in [0, 0.1) is 5.82 Å². The second-order valence-corrected chi connectivity index (χ2v) is 6.27. The van der Waals surface area contributed by atoms with E-state index in [-0.39, 0.29) is 18.0 Å². The summed E-state index contributed by atoms with van der Waals surface area (Å²) in [7, 11) is -3.99. The average Bonchev–Trinajstić information content (AvgIpc) is 2.35. The lowest BCUT2D eigenvalue weighted by Crippen LogP contribution is -2.39. The standard InChI is InChI=1S/C12H16FNO5S/c1-8(2)14(5-6-15)20(18,19)9-3-4-11(13)10(7-9)12(16)17/h3-4,7-8,15H,5-6H2,1-2H3,(H,16,17). The van der Waals surface area contributed by atoms with Crippen LogP contribution in [0.5, 0.6) is 0 Å². The number of carboxylic acids is 1. The third kappa shape index (κ3) is 3.33. The first-order chi connectivity index (χ1) is 9.21. The summed E-state index contributed by atoms with van der Waals surface area (Å²) < 4.78 is 39.0. The second kappa shape index (κ2) is 6.29. The fraction of sp³-hybridized carbons (Fsp3) is 0.417. The van der Waals surface area contributed by atoms with Crippen molar-refractivity contribution in [1.29, 1.82) is 0 Å². The minimum atomic E-state index is -3.99. The summed E-state index contributed by atoms with van der Waals surface area (Å²) in [5, 5.41) is 17.7. The molecule has 0 unspecified atom stereocenters. The van der Waals surface area contributed by atoms with E-state index in [2.05, 4.69) is 0 Å². The summed E-state index contributed by atoms with van der Waals surface area (Å²) in [5.41, 5.74) is -0.709. The Balaban J connectivity index is 3.34. The molecule has 0 saturated carbocycles. The summed E-state index contributed by atoms with van der Waals surface area (Å²) in [6.07, 6.45) is 0. The van der Waals surface area contributed by atoms with Gasteiger partial charge in [-0.15, -0.1) is 0 Å². The van der Waals surface area contributed by atoms with E-state index < -0.39 is 33.4 Å². The zero-order valence-electron chi connectivity index (χ0n) is 11.1. The summed E-state index contributed by atoms with van der Waals surface area (Å²) >= 11 is 0. The zero-order chi connectivity index (χ0) is 15.5. The predicted molar refractivity (Wildman–Crippen MR) is 69.5 cm³/mol. The number of nitrogens with zero attached hydrogens (tertiary/aromatic N) is 1. The molecule has 0 bridgehead atoms. The van der Waals surface area contributed by atoms with E-state index in [4.69, 9.17) is 10.2 Å². The second-order valence-electron chi connectivity index (χ2n) is 4.38. The summed E-state index contributed by atoms with van der Waals surface area (Å²) in [4.78, 5) is 10.5. The molecule has 0 saturated heterocycles. The summed E-state index contributed by atoms with van der Waals surface area (Å²) in [6, 6.07) is 2.16. The molecule has 0 amide bonds. The quantitative estimate of drug-likeness (QED) is 0.815. The number of aliphatic hydroxyl groups excluding tert-OH is 1. The van der Waals surface area contributed by atoms with Gasteiger partial charge in [0.05, 0.1) is 17.1 Å². The van der Waals surface area contributed by atoms with Crippen LogP contribution in [0.4, 0.5) is 4.39 Å². The Hall–Kier alpha value is -1.51. The van der Waals surface area contributed by atoms with Crippen molar-refractivity contribution in [3.8, 4) is 0 Å². The SMILES string of the molecule is CC(C)N(CCO)S(=O)(=O)c1ccc(F)c(C(=O)O)c1. The highest BCUT2D eigenvalue weighted by Gasteiger charge is 2.28. The first-order valence-electron chi connectivity index (χ1n) is 5.87. The fourth-order valence-corrected chi connectivity index (χ4v) is 3.37. The van der Waals surface area contributed by atoms with Crippen LogP contribution in [0.25, 0.3) is 0 Å². The van der Waals surface area contributed by atoms with Crippen LogP contribution in [0.15, 0.2) is 23.1 Å². The maximum absolute atomic E-state index is 13.3. The molecule has 1 aromatic rings. The number of benzene rings is 1. The predicted octanol–water partition coefficient (Wildman–Crippen LogP) is 0.915. The van der Waals surface area contributed by atoms with Crippen molar-refractivity contribution < 1.29 is 27.8 Å². The van der Waals surface area contributed by atoms with E-state index in [1.54, 1.807) is 13.8 Å². The Kier molecular flexibility index (Phi) is 5.21. The smallest absolute Gasteiger partial charge is 0.338 e. The van der Waals surface area contributed by atoms with Gasteiger partial charge in [-0.3, -0.25) is 0 Å². The van der Waals surface area contributed by atoms with Gasteiger partial charge in [-0.1, -0.05) is 0 Å². The number of carbonyl (C=O) groups is 1. The highest BCUT2D eigenvalue weighted by Crippen LogP contribution is 2.21. The largest absolute Gasteiger partial charge is 0.478 e. The van der Waals surface area contributed by atoms with Crippen LogP contribution in [-0.4, -0.2) is 48.1 Å². The van der Waals surface area contributed by atoms with Crippen LogP contribution >= 0.6 is 0 Å². The Labute approximate surface area is 116 Å². The maximum atomic E-state index is 13.3. The molecular weight excluding hydrogens is 289 g/mol. The number of hydrogen-bond donors (Lipinski definition) is 2. The minimum Gasteiger partial charge on any atom is -0.478 e. The molecule has 6 nitrogen and oxygen atoms in total. The number of sulfonamides is 1. The lowest BCUT2D eigenvalue weighted by molar-refractivity contribution is 0.0691. The van der Waals surface area contributed by atoms with Crippen molar-refractivity contribution in [2.75, 3.05) is 13.2 Å². The third-order valence-electron chi connectivity index (χ3n) is 2.67. The zero-order valence-corrected chi connectivity index (χ0v) is 11.9. The molecule has 0 aromatic heterocycles. The molecule has 2 N–H and O–H groups in total. The van der Waals surface area contributed by atoms with Gasteiger partial charge in [0, 0.05) is 12.6 Å². The molecule has 1 aromatic carbocycles. The summed E-state index contributed by atoms with van der Waals surface area (Å²) in [6.45, 7) is 2.74. The van der Waals surface area contributed by atoms with Gasteiger partial charge < -0.3 is 10.2 Å². The number of halogens is 1. The van der Waals surface area contributed by atoms with Gasteiger partial charge in [-0.2, -0.15) is 4.31 Å². The Morgan fingerprint density at radius 1 is 1.40 bits per heavy atom. The van der Waals surface area contributed by atoms with Gasteiger partial charge in [0.1, 0.15) is 5.82 Å². The molecule has 0 spiro atoms. The monoisotopic (exact) mass is 305 g/mol. The lowest BCUT2D eigenvalue weighted by Gasteiger charge is -2.25. The molecule has 0 aliphatic carbocycles. The first-order valence-corrected chi connectivity index (χ1v) is 7.31. The highest BCUT2D eigenvalue weighted by atomic mass is 32.2. The van der Waals surface area contributed by atoms with Crippen LogP contribution < -0.4 is 0 Å². The number of aromatic carboxylic acids is 1. The van der Waals surface area contributed by atoms with Crippen molar-refractivity contribution in [1.82, 2.24) is 4.31 Å². The molecule has 0 heterocycles. The van der Waals surface area contributed by atoms with E-state index in [0.29, 0.717) is 0 Å². The van der Waals surface area contributed by atoms with E-state index in [1.807, 2.05) is 0 Å². The number of carboxylic acid groups (broad SMARTS) is 1. The van der Waals surface area contributed by atoms with Gasteiger partial charge in [0.25, 0.3) is 0 Å². The van der Waals surface area contributed by atoms with Crippen molar-refractivity contribution >= 4 is 16.0 Å². The van der Waals surface area contributed by atoms with Crippen LogP contribution in [-0.2, 0) is 10.0 Å². The number of hydrogen-bond acceptors (Lipinski definition) is 4. The van der Waals surface area contributed by atoms with E-state index >= 15 is 0 Å². The Morgan fingerprint density at radius 3 is 2.45 bits per heavy atom. The van der Waals surface area contributed by atoms with Crippen molar-refractivity contribution in [2.45, 2.75) is 24.8 Å². The number of rotatable bonds is 6. The van der Waals surface area contributed by atoms with Crippen molar-refractivity contribution in [3.63, 3.8) is 0 Å². The normalized spacial score (nSPS) is 12.1. The number of aliphatic hydroxyl groups is 1. The molecule has 8 heteroatoms. The van der Waals surface area contributed by atoms with Crippen LogP contribution in [0.2, 0.25) is 0 Å². The molecule has 0 aliphatic rings. The third-order valence-corrected chi connectivity index (χ3v) is 4.74. The van der Waals surface area contributed by atoms with E-state index in [0.717, 1.165) is 22.5 Å². The average molecular weight is 305 g/mol. The van der Waals surface area contributed by atoms with Gasteiger partial charge in [0.2, 0.25) is 10.0 Å². The van der Waals surface area contributed by atoms with Gasteiger partial charge in [-0.05, 0) is 32.0 Å². The molecule has 0 radical (unpaired) electrons. The molecule has 0 aliphatic heterocycles. The molecule has 0 atom stereocenters. The van der Waals surface area contributed by atoms with E-state index in [1.165, 1.54) is 0 Å². The molecule has 112 valence electrons. The van der Waals surface area contributed by atoms with Gasteiger partial charge in [-0.25, -0.2) is 17.6 Å². The van der Waals surface area contributed by atoms with Gasteiger partial charge >= 0.3 is 5.97 Å². The minimum absolute atomic E-state index is 0.125. The van der Waals surface area contributed by atoms with Crippen molar-refractivity contribution in [3.05, 3.63) is 29.6 Å². The molecule has 1 rings (SSSR count). The topological polar surface area (TPSA) is 94.9 Å². The Morgan fingerprint density at radius 2 is 2.00 bits per heavy atom. The lowest BCUT2D eigenvalue weighted by atomic mass is 10.2. The van der Waals surface area contributed by atoms with E-state index in [9.17, 15) is 17.6 Å². The molecule has 0 fully saturated rings. The van der Waals surface area contributed by atoms with Crippen LogP contribution in [0.3, 0.4) is 0 Å². The van der Waals surface area contributed by atoms with Crippen LogP contribution in [0.1, 0.15) is 24.2 Å². The maximum Gasteiger partial charge on any atom is 0.338 e. The highest BCUT2D eigenvalue weighted by molar-refractivity contribution is 7.89. The Bertz CT molecular complexity index is 600. The molecule has 20 heavy (non-hydrogen) atoms. The molecular formula is C12H16FNO5S. The van der Waals surface area contributed by atoms with Crippen molar-refractivity contribution in [2.24, 2.45) is 0 Å². The summed E-state index contributed by atoms with van der Waals surface area (Å²) in [5.74, 6) is -2.55. The van der Waals surface area contributed by atoms with Gasteiger partial charge in [0.15, 0.2) is 0 Å². The fourth-order valence-electron chi connectivity index (χ4n) is 1.72.